The second kappa shape index (κ2) is 5.95. The van der Waals surface area contributed by atoms with E-state index in [2.05, 4.69) is 20.9 Å². The van der Waals surface area contributed by atoms with Crippen LogP contribution in [0.3, 0.4) is 0 Å². The minimum atomic E-state index is 0.331. The molecule has 1 aliphatic rings. The SMILES string of the molecule is Cc1ccc(-c2cncn2CC2COCCN2)cc1Cl. The third-order valence-electron chi connectivity index (χ3n) is 3.60. The summed E-state index contributed by atoms with van der Waals surface area (Å²) in [6.45, 7) is 5.30. The maximum atomic E-state index is 6.21. The topological polar surface area (TPSA) is 39.1 Å². The first-order valence-electron chi connectivity index (χ1n) is 6.82. The minimum Gasteiger partial charge on any atom is -0.378 e. The fourth-order valence-electron chi connectivity index (χ4n) is 2.43. The molecule has 0 amide bonds. The third-order valence-corrected chi connectivity index (χ3v) is 4.00. The van der Waals surface area contributed by atoms with Gasteiger partial charge in [0.05, 0.1) is 31.4 Å². The van der Waals surface area contributed by atoms with Gasteiger partial charge in [0.2, 0.25) is 0 Å². The number of aromatic nitrogens is 2. The molecule has 1 aliphatic heterocycles. The fourth-order valence-corrected chi connectivity index (χ4v) is 2.61. The van der Waals surface area contributed by atoms with Gasteiger partial charge in [0.25, 0.3) is 0 Å². The molecule has 1 unspecified atom stereocenters. The number of benzene rings is 1. The Morgan fingerprint density at radius 2 is 2.40 bits per heavy atom. The lowest BCUT2D eigenvalue weighted by molar-refractivity contribution is 0.0715. The Morgan fingerprint density at radius 1 is 1.50 bits per heavy atom. The number of nitrogens with zero attached hydrogens (tertiary/aromatic N) is 2. The number of ether oxygens (including phenoxy) is 1. The molecule has 1 atom stereocenters. The number of hydrogen-bond acceptors (Lipinski definition) is 3. The maximum Gasteiger partial charge on any atom is 0.0951 e. The predicted octanol–water partition coefficient (Wildman–Crippen LogP) is 2.50. The van der Waals surface area contributed by atoms with E-state index in [1.807, 2.05) is 31.6 Å². The Labute approximate surface area is 123 Å². The molecule has 4 nitrogen and oxygen atoms in total. The Hall–Kier alpha value is -1.36. The van der Waals surface area contributed by atoms with Crippen molar-refractivity contribution in [3.05, 3.63) is 41.3 Å². The Bertz CT molecular complexity index is 591. The van der Waals surface area contributed by atoms with Gasteiger partial charge in [-0.05, 0) is 18.6 Å². The van der Waals surface area contributed by atoms with Gasteiger partial charge in [-0.25, -0.2) is 4.98 Å². The average Bonchev–Trinajstić information content (AvgIpc) is 2.91. The summed E-state index contributed by atoms with van der Waals surface area (Å²) >= 11 is 6.21. The van der Waals surface area contributed by atoms with Crippen LogP contribution >= 0.6 is 11.6 Å². The van der Waals surface area contributed by atoms with Crippen LogP contribution in [0.1, 0.15) is 5.56 Å². The first kappa shape index (κ1) is 13.6. The van der Waals surface area contributed by atoms with E-state index < -0.39 is 0 Å². The number of morpholine rings is 1. The normalized spacial score (nSPS) is 19.2. The van der Waals surface area contributed by atoms with Crippen LogP contribution < -0.4 is 5.32 Å². The van der Waals surface area contributed by atoms with Crippen LogP contribution in [0.5, 0.6) is 0 Å². The van der Waals surface area contributed by atoms with Gasteiger partial charge in [0, 0.05) is 29.7 Å². The van der Waals surface area contributed by atoms with E-state index in [1.54, 1.807) is 0 Å². The molecule has 2 aromatic rings. The number of imidazole rings is 1. The molecule has 0 bridgehead atoms. The number of halogens is 1. The Morgan fingerprint density at radius 3 is 3.15 bits per heavy atom. The zero-order chi connectivity index (χ0) is 13.9. The van der Waals surface area contributed by atoms with E-state index in [1.165, 1.54) is 0 Å². The summed E-state index contributed by atoms with van der Waals surface area (Å²) in [7, 11) is 0. The van der Waals surface area contributed by atoms with Crippen LogP contribution in [0.4, 0.5) is 0 Å². The Balaban J connectivity index is 1.83. The van der Waals surface area contributed by atoms with Gasteiger partial charge in [-0.2, -0.15) is 0 Å². The molecule has 106 valence electrons. The summed E-state index contributed by atoms with van der Waals surface area (Å²) in [5, 5.41) is 4.24. The summed E-state index contributed by atoms with van der Waals surface area (Å²) < 4.78 is 7.64. The summed E-state index contributed by atoms with van der Waals surface area (Å²) in [6.07, 6.45) is 3.74. The summed E-state index contributed by atoms with van der Waals surface area (Å²) in [4.78, 5) is 4.27. The van der Waals surface area contributed by atoms with E-state index in [4.69, 9.17) is 16.3 Å². The van der Waals surface area contributed by atoms with E-state index in [9.17, 15) is 0 Å². The van der Waals surface area contributed by atoms with Gasteiger partial charge in [-0.15, -0.1) is 0 Å². The number of aryl methyl sites for hydroxylation is 1. The van der Waals surface area contributed by atoms with Crippen molar-refractivity contribution >= 4 is 11.6 Å². The van der Waals surface area contributed by atoms with Crippen LogP contribution in [-0.2, 0) is 11.3 Å². The van der Waals surface area contributed by atoms with Crippen molar-refractivity contribution in [3.63, 3.8) is 0 Å². The lowest BCUT2D eigenvalue weighted by Crippen LogP contribution is -2.43. The summed E-state index contributed by atoms with van der Waals surface area (Å²) in [5.74, 6) is 0. The van der Waals surface area contributed by atoms with Gasteiger partial charge >= 0.3 is 0 Å². The van der Waals surface area contributed by atoms with E-state index in [0.717, 1.165) is 48.1 Å². The molecule has 1 aromatic carbocycles. The highest BCUT2D eigenvalue weighted by atomic mass is 35.5. The molecule has 1 aromatic heterocycles. The standard InChI is InChI=1S/C15H18ClN3O/c1-11-2-3-12(6-14(11)16)15-7-17-10-19(15)8-13-9-20-5-4-18-13/h2-3,6-7,10,13,18H,4-5,8-9H2,1H3. The van der Waals surface area contributed by atoms with Crippen LogP contribution in [-0.4, -0.2) is 35.4 Å². The summed E-state index contributed by atoms with van der Waals surface area (Å²) in [6, 6.07) is 6.45. The first-order valence-corrected chi connectivity index (χ1v) is 7.19. The monoisotopic (exact) mass is 291 g/mol. The van der Waals surface area contributed by atoms with Crippen LogP contribution in [0.25, 0.3) is 11.3 Å². The van der Waals surface area contributed by atoms with Gasteiger partial charge in [0.1, 0.15) is 0 Å². The minimum absolute atomic E-state index is 0.331. The second-order valence-electron chi connectivity index (χ2n) is 5.12. The lowest BCUT2D eigenvalue weighted by atomic mass is 10.1. The molecule has 5 heteroatoms. The molecular weight excluding hydrogens is 274 g/mol. The zero-order valence-electron chi connectivity index (χ0n) is 11.5. The molecule has 0 spiro atoms. The molecular formula is C15H18ClN3O. The van der Waals surface area contributed by atoms with Crippen molar-refractivity contribution < 1.29 is 4.74 Å². The first-order chi connectivity index (χ1) is 9.74. The smallest absolute Gasteiger partial charge is 0.0951 e. The Kier molecular flexibility index (Phi) is 4.05. The molecule has 1 fully saturated rings. The van der Waals surface area contributed by atoms with Gasteiger partial charge in [-0.3, -0.25) is 0 Å². The van der Waals surface area contributed by atoms with Crippen molar-refractivity contribution in [2.75, 3.05) is 19.8 Å². The van der Waals surface area contributed by atoms with E-state index in [-0.39, 0.29) is 0 Å². The molecule has 20 heavy (non-hydrogen) atoms. The molecule has 0 saturated carbocycles. The molecule has 0 aliphatic carbocycles. The van der Waals surface area contributed by atoms with Gasteiger partial charge in [-0.1, -0.05) is 23.7 Å². The maximum absolute atomic E-state index is 6.21. The fraction of sp³-hybridized carbons (Fsp3) is 0.400. The summed E-state index contributed by atoms with van der Waals surface area (Å²) in [5.41, 5.74) is 3.26. The molecule has 1 saturated heterocycles. The molecule has 3 rings (SSSR count). The van der Waals surface area contributed by atoms with E-state index >= 15 is 0 Å². The highest BCUT2D eigenvalue weighted by Crippen LogP contribution is 2.25. The third kappa shape index (κ3) is 2.87. The second-order valence-corrected chi connectivity index (χ2v) is 5.53. The van der Waals surface area contributed by atoms with E-state index in [0.29, 0.717) is 6.04 Å². The van der Waals surface area contributed by atoms with Crippen molar-refractivity contribution in [2.45, 2.75) is 19.5 Å². The van der Waals surface area contributed by atoms with Crippen molar-refractivity contribution in [1.29, 1.82) is 0 Å². The molecule has 0 radical (unpaired) electrons. The van der Waals surface area contributed by atoms with Crippen molar-refractivity contribution in [3.8, 4) is 11.3 Å². The molecule has 2 heterocycles. The van der Waals surface area contributed by atoms with Gasteiger partial charge in [0.15, 0.2) is 0 Å². The van der Waals surface area contributed by atoms with Crippen molar-refractivity contribution in [1.82, 2.24) is 14.9 Å². The van der Waals surface area contributed by atoms with Crippen LogP contribution in [0.2, 0.25) is 5.02 Å². The van der Waals surface area contributed by atoms with Crippen molar-refractivity contribution in [2.24, 2.45) is 0 Å². The number of hydrogen-bond donors (Lipinski definition) is 1. The predicted molar refractivity (Wildman–Crippen MR) is 80.0 cm³/mol. The number of rotatable bonds is 3. The highest BCUT2D eigenvalue weighted by Gasteiger charge is 2.15. The molecule has 1 N–H and O–H groups in total. The number of nitrogens with one attached hydrogen (secondary N) is 1. The average molecular weight is 292 g/mol. The largest absolute Gasteiger partial charge is 0.378 e. The van der Waals surface area contributed by atoms with Gasteiger partial charge < -0.3 is 14.6 Å². The zero-order valence-corrected chi connectivity index (χ0v) is 12.2. The quantitative estimate of drug-likeness (QED) is 0.944. The highest BCUT2D eigenvalue weighted by molar-refractivity contribution is 6.31. The van der Waals surface area contributed by atoms with Crippen LogP contribution in [0.15, 0.2) is 30.7 Å². The van der Waals surface area contributed by atoms with Crippen LogP contribution in [0, 0.1) is 6.92 Å². The lowest BCUT2D eigenvalue weighted by Gasteiger charge is -2.24.